The fourth-order valence-electron chi connectivity index (χ4n) is 0.617. The van der Waals surface area contributed by atoms with Crippen molar-refractivity contribution in [3.63, 3.8) is 0 Å². The van der Waals surface area contributed by atoms with Crippen LogP contribution in [-0.4, -0.2) is 4.98 Å². The van der Waals surface area contributed by atoms with E-state index in [1.165, 1.54) is 0 Å². The molecule has 0 aliphatic heterocycles. The number of rotatable bonds is 1. The molecule has 1 aromatic rings. The molecule has 0 aliphatic rings. The summed E-state index contributed by atoms with van der Waals surface area (Å²) in [6.45, 7) is 4.02. The lowest BCUT2D eigenvalue weighted by molar-refractivity contribution is 1.07. The van der Waals surface area contributed by atoms with Gasteiger partial charge in [-0.1, -0.05) is 6.92 Å². The van der Waals surface area contributed by atoms with Crippen LogP contribution in [0, 0.1) is 6.92 Å². The number of nitrogen functional groups attached to an aromatic ring is 1. The fraction of sp³-hybridized carbons (Fsp3) is 0.500. The molecule has 0 atom stereocenters. The average Bonchev–Trinajstić information content (AvgIpc) is 2.13. The zero-order valence-electron chi connectivity index (χ0n) is 5.64. The maximum Gasteiger partial charge on any atom is 0.109 e. The number of aromatic nitrogens is 1. The molecule has 50 valence electrons. The largest absolute Gasteiger partial charge is 0.389 e. The molecule has 1 aromatic heterocycles. The van der Waals surface area contributed by atoms with E-state index in [4.69, 9.17) is 5.73 Å². The van der Waals surface area contributed by atoms with Crippen molar-refractivity contribution in [1.82, 2.24) is 4.98 Å². The Labute approximate surface area is 58.7 Å². The van der Waals surface area contributed by atoms with Crippen LogP contribution in [-0.2, 0) is 6.42 Å². The van der Waals surface area contributed by atoms with Crippen LogP contribution in [0.5, 0.6) is 0 Å². The highest BCUT2D eigenvalue weighted by atomic mass is 32.1. The van der Waals surface area contributed by atoms with Crippen LogP contribution >= 0.6 is 11.3 Å². The monoisotopic (exact) mass is 142 g/mol. The smallest absolute Gasteiger partial charge is 0.109 e. The minimum atomic E-state index is 0.854. The van der Waals surface area contributed by atoms with Gasteiger partial charge >= 0.3 is 0 Å². The first-order valence-electron chi connectivity index (χ1n) is 2.95. The molecule has 0 saturated heterocycles. The Hall–Kier alpha value is -0.570. The lowest BCUT2D eigenvalue weighted by Gasteiger charge is -1.79. The Morgan fingerprint density at radius 2 is 2.33 bits per heavy atom. The molecule has 0 aromatic carbocycles. The standard InChI is InChI=1S/C6H10N2S/c1-3-5-8-4(2)6(7)9-5/h3,7H2,1-2H3. The summed E-state index contributed by atoms with van der Waals surface area (Å²) in [5.41, 5.74) is 6.54. The van der Waals surface area contributed by atoms with Gasteiger partial charge in [0.1, 0.15) is 5.00 Å². The molecule has 1 rings (SSSR count). The summed E-state index contributed by atoms with van der Waals surface area (Å²) in [5, 5.41) is 1.98. The number of thiazole rings is 1. The third kappa shape index (κ3) is 1.21. The summed E-state index contributed by atoms with van der Waals surface area (Å²) in [6.07, 6.45) is 0.989. The predicted molar refractivity (Wildman–Crippen MR) is 40.6 cm³/mol. The van der Waals surface area contributed by atoms with E-state index in [0.717, 1.165) is 22.1 Å². The van der Waals surface area contributed by atoms with E-state index >= 15 is 0 Å². The molecule has 2 N–H and O–H groups in total. The van der Waals surface area contributed by atoms with Crippen LogP contribution in [0.25, 0.3) is 0 Å². The van der Waals surface area contributed by atoms with Crippen molar-refractivity contribution in [1.29, 1.82) is 0 Å². The number of anilines is 1. The SMILES string of the molecule is CCc1nc(C)c(N)s1. The molecule has 3 heteroatoms. The highest BCUT2D eigenvalue weighted by molar-refractivity contribution is 7.15. The van der Waals surface area contributed by atoms with Crippen LogP contribution in [0.2, 0.25) is 0 Å². The first-order chi connectivity index (χ1) is 4.24. The van der Waals surface area contributed by atoms with Crippen molar-refractivity contribution in [2.45, 2.75) is 20.3 Å². The summed E-state index contributed by atoms with van der Waals surface area (Å²) in [6, 6.07) is 0. The second kappa shape index (κ2) is 2.35. The van der Waals surface area contributed by atoms with E-state index in [-0.39, 0.29) is 0 Å². The average molecular weight is 142 g/mol. The van der Waals surface area contributed by atoms with Crippen molar-refractivity contribution in [2.75, 3.05) is 5.73 Å². The Morgan fingerprint density at radius 1 is 1.67 bits per heavy atom. The molecule has 1 heterocycles. The minimum absolute atomic E-state index is 0.854. The van der Waals surface area contributed by atoms with Gasteiger partial charge in [-0.15, -0.1) is 11.3 Å². The van der Waals surface area contributed by atoms with Gasteiger partial charge < -0.3 is 5.73 Å². The predicted octanol–water partition coefficient (Wildman–Crippen LogP) is 1.60. The third-order valence-electron chi connectivity index (χ3n) is 1.18. The quantitative estimate of drug-likeness (QED) is 0.646. The summed E-state index contributed by atoms with van der Waals surface area (Å²) >= 11 is 1.58. The van der Waals surface area contributed by atoms with E-state index in [0.29, 0.717) is 0 Å². The lowest BCUT2D eigenvalue weighted by Crippen LogP contribution is -1.81. The molecular weight excluding hydrogens is 132 g/mol. The number of hydrogen-bond donors (Lipinski definition) is 1. The molecule has 2 nitrogen and oxygen atoms in total. The summed E-state index contributed by atoms with van der Waals surface area (Å²) in [7, 11) is 0. The third-order valence-corrected chi connectivity index (χ3v) is 2.31. The Kier molecular flexibility index (Phi) is 1.71. The first-order valence-corrected chi connectivity index (χ1v) is 3.77. The van der Waals surface area contributed by atoms with Gasteiger partial charge in [0.25, 0.3) is 0 Å². The van der Waals surface area contributed by atoms with E-state index < -0.39 is 0 Å². The van der Waals surface area contributed by atoms with Gasteiger partial charge in [0.15, 0.2) is 0 Å². The highest BCUT2D eigenvalue weighted by Gasteiger charge is 1.99. The Balaban J connectivity index is 2.98. The maximum atomic E-state index is 5.57. The van der Waals surface area contributed by atoms with Gasteiger partial charge in [0, 0.05) is 0 Å². The first kappa shape index (κ1) is 6.55. The van der Waals surface area contributed by atoms with Gasteiger partial charge in [0.2, 0.25) is 0 Å². The van der Waals surface area contributed by atoms with Crippen LogP contribution in [0.4, 0.5) is 5.00 Å². The van der Waals surface area contributed by atoms with Gasteiger partial charge in [-0.25, -0.2) is 4.98 Å². The molecule has 0 amide bonds. The molecule has 0 fully saturated rings. The van der Waals surface area contributed by atoms with Crippen molar-refractivity contribution in [3.8, 4) is 0 Å². The number of nitrogens with two attached hydrogens (primary N) is 1. The Morgan fingerprint density at radius 3 is 2.56 bits per heavy atom. The summed E-state index contributed by atoms with van der Waals surface area (Å²) < 4.78 is 0. The van der Waals surface area contributed by atoms with Gasteiger partial charge in [0.05, 0.1) is 10.7 Å². The van der Waals surface area contributed by atoms with E-state index in [1.807, 2.05) is 6.92 Å². The number of nitrogens with zero attached hydrogens (tertiary/aromatic N) is 1. The van der Waals surface area contributed by atoms with Gasteiger partial charge in [-0.2, -0.15) is 0 Å². The Bertz CT molecular complexity index is 185. The number of aryl methyl sites for hydroxylation is 2. The van der Waals surface area contributed by atoms with Crippen LogP contribution in [0.1, 0.15) is 17.6 Å². The lowest BCUT2D eigenvalue weighted by atomic mass is 10.5. The van der Waals surface area contributed by atoms with Crippen LogP contribution < -0.4 is 5.73 Å². The molecule has 0 spiro atoms. The summed E-state index contributed by atoms with van der Waals surface area (Å²) in [5.74, 6) is 0. The van der Waals surface area contributed by atoms with Crippen LogP contribution in [0.3, 0.4) is 0 Å². The summed E-state index contributed by atoms with van der Waals surface area (Å²) in [4.78, 5) is 4.22. The van der Waals surface area contributed by atoms with Crippen LogP contribution in [0.15, 0.2) is 0 Å². The van der Waals surface area contributed by atoms with Crippen molar-refractivity contribution >= 4 is 16.3 Å². The molecule has 0 unspecified atom stereocenters. The molecule has 0 aliphatic carbocycles. The molecule has 0 saturated carbocycles. The van der Waals surface area contributed by atoms with E-state index in [9.17, 15) is 0 Å². The van der Waals surface area contributed by atoms with Crippen molar-refractivity contribution in [3.05, 3.63) is 10.7 Å². The van der Waals surface area contributed by atoms with E-state index in [2.05, 4.69) is 11.9 Å². The van der Waals surface area contributed by atoms with Crippen molar-refractivity contribution in [2.24, 2.45) is 0 Å². The zero-order chi connectivity index (χ0) is 6.85. The fourth-order valence-corrected chi connectivity index (χ4v) is 1.39. The molecule has 0 radical (unpaired) electrons. The van der Waals surface area contributed by atoms with Gasteiger partial charge in [-0.3, -0.25) is 0 Å². The second-order valence-corrected chi connectivity index (χ2v) is 3.03. The number of hydrogen-bond acceptors (Lipinski definition) is 3. The topological polar surface area (TPSA) is 38.9 Å². The van der Waals surface area contributed by atoms with Crippen molar-refractivity contribution < 1.29 is 0 Å². The second-order valence-electron chi connectivity index (χ2n) is 1.91. The van der Waals surface area contributed by atoms with Gasteiger partial charge in [-0.05, 0) is 13.3 Å². The molecular formula is C6H10N2S. The normalized spacial score (nSPS) is 10.0. The zero-order valence-corrected chi connectivity index (χ0v) is 6.46. The van der Waals surface area contributed by atoms with E-state index in [1.54, 1.807) is 11.3 Å². The molecule has 9 heavy (non-hydrogen) atoms. The molecule has 0 bridgehead atoms. The minimum Gasteiger partial charge on any atom is -0.389 e. The maximum absolute atomic E-state index is 5.57. The highest BCUT2D eigenvalue weighted by Crippen LogP contribution is 2.19.